The van der Waals surface area contributed by atoms with Crippen LogP contribution in [0.1, 0.15) is 31.0 Å². The number of hydrogen-bond acceptors (Lipinski definition) is 7. The molecule has 2 heterocycles. The van der Waals surface area contributed by atoms with Crippen molar-refractivity contribution in [2.75, 3.05) is 13.7 Å². The number of phenolic OH excluding ortho intramolecular Hbond substituents is 1. The number of esters is 1. The van der Waals surface area contributed by atoms with E-state index < -0.39 is 12.0 Å². The van der Waals surface area contributed by atoms with E-state index in [0.29, 0.717) is 35.5 Å². The number of benzene rings is 3. The Balaban J connectivity index is 1.79. The first kappa shape index (κ1) is 25.2. The van der Waals surface area contributed by atoms with E-state index in [1.165, 1.54) is 18.4 Å². The van der Waals surface area contributed by atoms with Crippen molar-refractivity contribution in [3.63, 3.8) is 0 Å². The maximum absolute atomic E-state index is 13.9. The summed E-state index contributed by atoms with van der Waals surface area (Å²) in [5, 5.41) is 12.2. The molecule has 7 nitrogen and oxygen atoms in total. The minimum absolute atomic E-state index is 0.0485. The highest BCUT2D eigenvalue weighted by atomic mass is 127. The maximum Gasteiger partial charge on any atom is 0.338 e. The number of ether oxygens (including phenoxy) is 2. The van der Waals surface area contributed by atoms with Gasteiger partial charge in [0.05, 0.1) is 39.1 Å². The van der Waals surface area contributed by atoms with Crippen LogP contribution in [0.5, 0.6) is 11.5 Å². The van der Waals surface area contributed by atoms with Gasteiger partial charge in [0.15, 0.2) is 16.3 Å². The number of methoxy groups -OCH3 is 1. The van der Waals surface area contributed by atoms with Crippen LogP contribution in [0.3, 0.4) is 0 Å². The number of carbonyl (C=O) groups is 1. The topological polar surface area (TPSA) is 90.1 Å². The lowest BCUT2D eigenvalue weighted by Crippen LogP contribution is -2.40. The van der Waals surface area contributed by atoms with E-state index in [1.54, 1.807) is 36.6 Å². The molecule has 4 aromatic rings. The number of fused-ring (bicyclic) bond motifs is 2. The summed E-state index contributed by atoms with van der Waals surface area (Å²) in [6.45, 7) is 3.74. The molecule has 0 spiro atoms. The molecule has 0 saturated heterocycles. The number of aromatic nitrogens is 1. The molecular formula is C28H23IN2O5S. The van der Waals surface area contributed by atoms with E-state index in [4.69, 9.17) is 9.47 Å². The molecule has 3 aromatic carbocycles. The lowest BCUT2D eigenvalue weighted by molar-refractivity contribution is -0.139. The molecule has 0 saturated carbocycles. The van der Waals surface area contributed by atoms with Crippen molar-refractivity contribution in [2.45, 2.75) is 19.9 Å². The molecule has 1 aliphatic heterocycles. The third-order valence-electron chi connectivity index (χ3n) is 6.20. The summed E-state index contributed by atoms with van der Waals surface area (Å²) in [7, 11) is 1.48. The van der Waals surface area contributed by atoms with Gasteiger partial charge < -0.3 is 14.6 Å². The highest BCUT2D eigenvalue weighted by molar-refractivity contribution is 14.1. The van der Waals surface area contributed by atoms with E-state index in [1.807, 2.05) is 65.1 Å². The molecule has 1 atom stereocenters. The van der Waals surface area contributed by atoms with Crippen LogP contribution in [0.4, 0.5) is 0 Å². The second kappa shape index (κ2) is 10.1. The molecule has 188 valence electrons. The van der Waals surface area contributed by atoms with Crippen LogP contribution in [-0.4, -0.2) is 29.4 Å². The Morgan fingerprint density at radius 2 is 1.97 bits per heavy atom. The summed E-state index contributed by atoms with van der Waals surface area (Å²) in [6.07, 6.45) is 1.75. The Morgan fingerprint density at radius 3 is 2.73 bits per heavy atom. The fraction of sp³-hybridized carbons (Fsp3) is 0.179. The SMILES string of the molecule is CCOC(=O)C1=C(C)N=c2s/c(=C\c3cc(I)c(O)c(OC)c3)c(=O)n2[C@@H]1c1cccc2ccccc12. The number of rotatable bonds is 5. The van der Waals surface area contributed by atoms with E-state index in [-0.39, 0.29) is 17.9 Å². The van der Waals surface area contributed by atoms with Crippen molar-refractivity contribution in [2.24, 2.45) is 4.99 Å². The Hall–Kier alpha value is -3.44. The summed E-state index contributed by atoms with van der Waals surface area (Å²) in [6, 6.07) is 16.5. The quantitative estimate of drug-likeness (QED) is 0.264. The van der Waals surface area contributed by atoms with Gasteiger partial charge in [0.2, 0.25) is 0 Å². The van der Waals surface area contributed by atoms with Crippen molar-refractivity contribution in [3.05, 3.63) is 100 Å². The van der Waals surface area contributed by atoms with Crippen LogP contribution in [0.2, 0.25) is 0 Å². The second-order valence-corrected chi connectivity index (χ2v) is 10.6. The number of aromatic hydroxyl groups is 1. The zero-order valence-corrected chi connectivity index (χ0v) is 23.3. The van der Waals surface area contributed by atoms with Gasteiger partial charge in [0.25, 0.3) is 5.56 Å². The molecule has 1 aliphatic rings. The fourth-order valence-corrected chi connectivity index (χ4v) is 6.23. The van der Waals surface area contributed by atoms with Gasteiger partial charge in [0, 0.05) is 0 Å². The maximum atomic E-state index is 13.9. The molecule has 1 N–H and O–H groups in total. The highest BCUT2D eigenvalue weighted by Crippen LogP contribution is 2.35. The minimum Gasteiger partial charge on any atom is -0.504 e. The van der Waals surface area contributed by atoms with Crippen molar-refractivity contribution < 1.29 is 19.4 Å². The van der Waals surface area contributed by atoms with E-state index in [9.17, 15) is 14.7 Å². The Labute approximate surface area is 230 Å². The first-order valence-corrected chi connectivity index (χ1v) is 13.5. The third kappa shape index (κ3) is 4.46. The molecule has 0 amide bonds. The molecule has 0 aliphatic carbocycles. The average molecular weight is 626 g/mol. The van der Waals surface area contributed by atoms with Crippen LogP contribution < -0.4 is 19.6 Å². The molecule has 5 rings (SSSR count). The number of nitrogens with zero attached hydrogens (tertiary/aromatic N) is 2. The largest absolute Gasteiger partial charge is 0.504 e. The standard InChI is InChI=1S/C28H23IN2O5S/c1-4-36-27(34)23-15(2)30-28-31(24(23)19-11-7-9-17-8-5-6-10-18(17)19)26(33)22(37-28)14-16-12-20(29)25(32)21(13-16)35-3/h5-14,24,32H,4H2,1-3H3/b22-14-/t24-/m1/s1. The van der Waals surface area contributed by atoms with Gasteiger partial charge in [-0.3, -0.25) is 9.36 Å². The van der Waals surface area contributed by atoms with Gasteiger partial charge >= 0.3 is 5.97 Å². The summed E-state index contributed by atoms with van der Waals surface area (Å²) < 4.78 is 13.3. The summed E-state index contributed by atoms with van der Waals surface area (Å²) in [4.78, 5) is 32.2. The number of phenols is 1. The fourth-order valence-electron chi connectivity index (χ4n) is 4.56. The van der Waals surface area contributed by atoms with Crippen LogP contribution in [0.15, 0.2) is 75.7 Å². The molecule has 0 unspecified atom stereocenters. The third-order valence-corrected chi connectivity index (χ3v) is 8.01. The lowest BCUT2D eigenvalue weighted by Gasteiger charge is -2.25. The predicted octanol–water partition coefficient (Wildman–Crippen LogP) is 4.27. The Bertz CT molecular complexity index is 1760. The van der Waals surface area contributed by atoms with Gasteiger partial charge in [0.1, 0.15) is 0 Å². The van der Waals surface area contributed by atoms with Crippen LogP contribution in [0.25, 0.3) is 16.8 Å². The number of carbonyl (C=O) groups excluding carboxylic acids is 1. The van der Waals surface area contributed by atoms with Crippen molar-refractivity contribution in [3.8, 4) is 11.5 Å². The molecule has 0 fully saturated rings. The van der Waals surface area contributed by atoms with Gasteiger partial charge in [-0.25, -0.2) is 9.79 Å². The molecule has 1 aromatic heterocycles. The smallest absolute Gasteiger partial charge is 0.338 e. The Morgan fingerprint density at radius 1 is 1.22 bits per heavy atom. The monoisotopic (exact) mass is 626 g/mol. The van der Waals surface area contributed by atoms with Crippen molar-refractivity contribution in [1.82, 2.24) is 4.57 Å². The highest BCUT2D eigenvalue weighted by Gasteiger charge is 2.34. The molecule has 0 bridgehead atoms. The number of halogens is 1. The number of thiazole rings is 1. The zero-order valence-electron chi connectivity index (χ0n) is 20.3. The zero-order chi connectivity index (χ0) is 26.3. The van der Waals surface area contributed by atoms with Gasteiger partial charge in [-0.05, 0) is 76.5 Å². The molecule has 9 heteroatoms. The summed E-state index contributed by atoms with van der Waals surface area (Å²) >= 11 is 3.27. The van der Waals surface area contributed by atoms with Crippen molar-refractivity contribution >= 4 is 56.7 Å². The Kier molecular flexibility index (Phi) is 6.91. The van der Waals surface area contributed by atoms with Crippen molar-refractivity contribution in [1.29, 1.82) is 0 Å². The van der Waals surface area contributed by atoms with Crippen LogP contribution in [-0.2, 0) is 9.53 Å². The van der Waals surface area contributed by atoms with E-state index >= 15 is 0 Å². The normalized spacial score (nSPS) is 15.5. The summed E-state index contributed by atoms with van der Waals surface area (Å²) in [5.41, 5.74) is 2.12. The first-order chi connectivity index (χ1) is 17.8. The van der Waals surface area contributed by atoms with E-state index in [0.717, 1.165) is 16.3 Å². The van der Waals surface area contributed by atoms with Crippen LogP contribution in [0, 0.1) is 3.57 Å². The summed E-state index contributed by atoms with van der Waals surface area (Å²) in [5.74, 6) is -0.124. The van der Waals surface area contributed by atoms with E-state index in [2.05, 4.69) is 4.99 Å². The van der Waals surface area contributed by atoms with Gasteiger partial charge in [-0.15, -0.1) is 0 Å². The second-order valence-electron chi connectivity index (χ2n) is 8.42. The number of allylic oxidation sites excluding steroid dienone is 1. The lowest BCUT2D eigenvalue weighted by atomic mass is 9.91. The predicted molar refractivity (Wildman–Crippen MR) is 152 cm³/mol. The average Bonchev–Trinajstić information content (AvgIpc) is 3.19. The van der Waals surface area contributed by atoms with Crippen LogP contribution >= 0.6 is 33.9 Å². The molecular weight excluding hydrogens is 603 g/mol. The minimum atomic E-state index is -0.696. The van der Waals surface area contributed by atoms with Gasteiger partial charge in [-0.2, -0.15) is 0 Å². The molecule has 37 heavy (non-hydrogen) atoms. The van der Waals surface area contributed by atoms with Gasteiger partial charge in [-0.1, -0.05) is 53.8 Å². The number of hydrogen-bond donors (Lipinski definition) is 1. The first-order valence-electron chi connectivity index (χ1n) is 11.6. The molecule has 0 radical (unpaired) electrons.